The van der Waals surface area contributed by atoms with E-state index in [1.807, 2.05) is 6.07 Å². The van der Waals surface area contributed by atoms with Crippen LogP contribution in [0.4, 0.5) is 0 Å². The highest BCUT2D eigenvalue weighted by molar-refractivity contribution is 5.96. The number of hydrogen-bond acceptors (Lipinski definition) is 3. The quantitative estimate of drug-likeness (QED) is 0.846. The summed E-state index contributed by atoms with van der Waals surface area (Å²) in [6, 6.07) is 9.21. The Morgan fingerprint density at radius 2 is 2.15 bits per heavy atom. The Hall–Kier alpha value is -2.30. The lowest BCUT2D eigenvalue weighted by molar-refractivity contribution is 0.0785. The third-order valence-corrected chi connectivity index (χ3v) is 2.73. The molecule has 104 valence electrons. The van der Waals surface area contributed by atoms with Gasteiger partial charge in [-0.2, -0.15) is 5.26 Å². The fourth-order valence-electron chi connectivity index (χ4n) is 1.73. The summed E-state index contributed by atoms with van der Waals surface area (Å²) in [7, 11) is 1.67. The lowest BCUT2D eigenvalue weighted by Gasteiger charge is -2.19. The van der Waals surface area contributed by atoms with Crippen LogP contribution in [0.2, 0.25) is 0 Å². The van der Waals surface area contributed by atoms with E-state index in [0.717, 1.165) is 0 Å². The van der Waals surface area contributed by atoms with Crippen LogP contribution in [-0.2, 0) is 0 Å². The standard InChI is InChI=1S/C16H18N2O2/c1-13(11-17)12-18(2)16(20)15-9-4-3-7-14(15)8-5-6-10-19/h3-4,7,9,13,19H,6,10,12H2,1-2H3. The summed E-state index contributed by atoms with van der Waals surface area (Å²) in [5.74, 6) is 5.35. The molecule has 0 spiro atoms. The Morgan fingerprint density at radius 3 is 2.80 bits per heavy atom. The fraction of sp³-hybridized carbons (Fsp3) is 0.375. The minimum absolute atomic E-state index is 0.00268. The molecule has 1 aromatic carbocycles. The average molecular weight is 270 g/mol. The van der Waals surface area contributed by atoms with Crippen molar-refractivity contribution in [3.8, 4) is 17.9 Å². The number of amides is 1. The van der Waals surface area contributed by atoms with Crippen LogP contribution >= 0.6 is 0 Å². The predicted octanol–water partition coefficient (Wildman–Crippen LogP) is 1.65. The van der Waals surface area contributed by atoms with Crippen molar-refractivity contribution in [2.45, 2.75) is 13.3 Å². The Bertz CT molecular complexity index is 564. The van der Waals surface area contributed by atoms with Crippen LogP contribution in [0, 0.1) is 29.1 Å². The summed E-state index contributed by atoms with van der Waals surface area (Å²) < 4.78 is 0. The number of aliphatic hydroxyl groups is 1. The summed E-state index contributed by atoms with van der Waals surface area (Å²) in [5, 5.41) is 17.5. The third kappa shape index (κ3) is 4.42. The van der Waals surface area contributed by atoms with Crippen molar-refractivity contribution in [1.29, 1.82) is 5.26 Å². The Labute approximate surface area is 119 Å². The van der Waals surface area contributed by atoms with Crippen molar-refractivity contribution >= 4 is 5.91 Å². The molecule has 1 aromatic rings. The van der Waals surface area contributed by atoms with Gasteiger partial charge >= 0.3 is 0 Å². The summed E-state index contributed by atoms with van der Waals surface area (Å²) in [5.41, 5.74) is 1.16. The van der Waals surface area contributed by atoms with E-state index in [-0.39, 0.29) is 18.4 Å². The normalized spacial score (nSPS) is 10.9. The SMILES string of the molecule is CC(C#N)CN(C)C(=O)c1ccccc1C#CCCO. The molecule has 0 heterocycles. The zero-order valence-corrected chi connectivity index (χ0v) is 11.8. The van der Waals surface area contributed by atoms with Crippen molar-refractivity contribution < 1.29 is 9.90 Å². The predicted molar refractivity (Wildman–Crippen MR) is 76.8 cm³/mol. The molecule has 4 heteroatoms. The van der Waals surface area contributed by atoms with E-state index in [9.17, 15) is 4.79 Å². The number of aliphatic hydroxyl groups excluding tert-OH is 1. The number of carbonyl (C=O) groups excluding carboxylic acids is 1. The van der Waals surface area contributed by atoms with E-state index in [1.165, 1.54) is 4.90 Å². The molecule has 0 aliphatic carbocycles. The van der Waals surface area contributed by atoms with Gasteiger partial charge < -0.3 is 10.0 Å². The van der Waals surface area contributed by atoms with Crippen molar-refractivity contribution in [2.75, 3.05) is 20.2 Å². The maximum absolute atomic E-state index is 12.3. The second-order valence-corrected chi connectivity index (χ2v) is 4.54. The molecule has 0 aliphatic heterocycles. The maximum Gasteiger partial charge on any atom is 0.254 e. The van der Waals surface area contributed by atoms with Crippen molar-refractivity contribution in [3.63, 3.8) is 0 Å². The van der Waals surface area contributed by atoms with Gasteiger partial charge in [-0.15, -0.1) is 0 Å². The van der Waals surface area contributed by atoms with Crippen LogP contribution in [0.15, 0.2) is 24.3 Å². The molecule has 0 aromatic heterocycles. The number of rotatable bonds is 4. The molecular formula is C16H18N2O2. The molecule has 20 heavy (non-hydrogen) atoms. The van der Waals surface area contributed by atoms with Gasteiger partial charge in [0.25, 0.3) is 5.91 Å². The van der Waals surface area contributed by atoms with Crippen molar-refractivity contribution in [2.24, 2.45) is 5.92 Å². The lowest BCUT2D eigenvalue weighted by atomic mass is 10.1. The van der Waals surface area contributed by atoms with Crippen LogP contribution < -0.4 is 0 Å². The first-order chi connectivity index (χ1) is 9.60. The van der Waals surface area contributed by atoms with E-state index in [1.54, 1.807) is 32.2 Å². The van der Waals surface area contributed by atoms with Gasteiger partial charge in [0.15, 0.2) is 0 Å². The number of carbonyl (C=O) groups is 1. The van der Waals surface area contributed by atoms with Gasteiger partial charge in [0.1, 0.15) is 0 Å². The van der Waals surface area contributed by atoms with Gasteiger partial charge in [-0.25, -0.2) is 0 Å². The Balaban J connectivity index is 2.94. The first-order valence-electron chi connectivity index (χ1n) is 6.44. The molecule has 4 nitrogen and oxygen atoms in total. The fourth-order valence-corrected chi connectivity index (χ4v) is 1.73. The molecule has 1 rings (SSSR count). The summed E-state index contributed by atoms with van der Waals surface area (Å²) in [6.45, 7) is 2.16. The molecule has 0 aliphatic rings. The highest BCUT2D eigenvalue weighted by Gasteiger charge is 2.16. The van der Waals surface area contributed by atoms with E-state index in [2.05, 4.69) is 17.9 Å². The third-order valence-electron chi connectivity index (χ3n) is 2.73. The molecule has 0 fully saturated rings. The number of nitrogens with zero attached hydrogens (tertiary/aromatic N) is 2. The van der Waals surface area contributed by atoms with Gasteiger partial charge in [-0.1, -0.05) is 24.0 Å². The zero-order chi connectivity index (χ0) is 15.0. The largest absolute Gasteiger partial charge is 0.395 e. The summed E-state index contributed by atoms with van der Waals surface area (Å²) in [6.07, 6.45) is 0.379. The minimum Gasteiger partial charge on any atom is -0.395 e. The van der Waals surface area contributed by atoms with Gasteiger partial charge in [0, 0.05) is 25.6 Å². The van der Waals surface area contributed by atoms with Gasteiger partial charge in [0.2, 0.25) is 0 Å². The van der Waals surface area contributed by atoms with Crippen LogP contribution in [0.5, 0.6) is 0 Å². The van der Waals surface area contributed by atoms with E-state index in [0.29, 0.717) is 24.1 Å². The van der Waals surface area contributed by atoms with E-state index in [4.69, 9.17) is 10.4 Å². The van der Waals surface area contributed by atoms with Gasteiger partial charge in [0.05, 0.1) is 24.2 Å². The molecule has 0 bridgehead atoms. The maximum atomic E-state index is 12.3. The molecule has 0 saturated heterocycles. The molecular weight excluding hydrogens is 252 g/mol. The van der Waals surface area contributed by atoms with Crippen LogP contribution in [-0.4, -0.2) is 36.1 Å². The van der Waals surface area contributed by atoms with E-state index >= 15 is 0 Å². The monoisotopic (exact) mass is 270 g/mol. The molecule has 1 amide bonds. The lowest BCUT2D eigenvalue weighted by Crippen LogP contribution is -2.31. The average Bonchev–Trinajstić information content (AvgIpc) is 2.47. The Morgan fingerprint density at radius 1 is 1.45 bits per heavy atom. The number of nitriles is 1. The van der Waals surface area contributed by atoms with Crippen molar-refractivity contribution in [3.05, 3.63) is 35.4 Å². The molecule has 1 atom stereocenters. The first kappa shape index (κ1) is 15.8. The second-order valence-electron chi connectivity index (χ2n) is 4.54. The number of benzene rings is 1. The first-order valence-corrected chi connectivity index (χ1v) is 6.44. The molecule has 0 saturated carbocycles. The van der Waals surface area contributed by atoms with Crippen LogP contribution in [0.1, 0.15) is 29.3 Å². The van der Waals surface area contributed by atoms with Gasteiger partial charge in [-0.05, 0) is 19.1 Å². The number of hydrogen-bond donors (Lipinski definition) is 1. The minimum atomic E-state index is -0.211. The summed E-state index contributed by atoms with van der Waals surface area (Å²) in [4.78, 5) is 13.9. The second kappa shape index (κ2) is 7.99. The topological polar surface area (TPSA) is 64.3 Å². The van der Waals surface area contributed by atoms with Crippen LogP contribution in [0.3, 0.4) is 0 Å². The smallest absolute Gasteiger partial charge is 0.254 e. The molecule has 1 N–H and O–H groups in total. The highest BCUT2D eigenvalue weighted by atomic mass is 16.2. The highest BCUT2D eigenvalue weighted by Crippen LogP contribution is 2.11. The van der Waals surface area contributed by atoms with E-state index < -0.39 is 0 Å². The van der Waals surface area contributed by atoms with Crippen LogP contribution in [0.25, 0.3) is 0 Å². The van der Waals surface area contributed by atoms with Crippen molar-refractivity contribution in [1.82, 2.24) is 4.90 Å². The zero-order valence-electron chi connectivity index (χ0n) is 11.8. The molecule has 0 radical (unpaired) electrons. The van der Waals surface area contributed by atoms with Gasteiger partial charge in [-0.3, -0.25) is 4.79 Å². The Kier molecular flexibility index (Phi) is 6.29. The molecule has 1 unspecified atom stereocenters. The summed E-state index contributed by atoms with van der Waals surface area (Å²) >= 11 is 0.